The van der Waals surface area contributed by atoms with Crippen molar-refractivity contribution < 1.29 is 4.79 Å². The van der Waals surface area contributed by atoms with Crippen molar-refractivity contribution in [3.8, 4) is 0 Å². The molecule has 0 saturated heterocycles. The van der Waals surface area contributed by atoms with Gasteiger partial charge in [-0.3, -0.25) is 4.79 Å². The number of rotatable bonds is 6. The van der Waals surface area contributed by atoms with Gasteiger partial charge in [0.25, 0.3) is 0 Å². The van der Waals surface area contributed by atoms with Gasteiger partial charge in [-0.15, -0.1) is 11.8 Å². The number of carbonyl (C=O) groups excluding carboxylic acids is 1. The molecule has 0 heterocycles. The van der Waals surface area contributed by atoms with Gasteiger partial charge in [0.2, 0.25) is 5.91 Å². The summed E-state index contributed by atoms with van der Waals surface area (Å²) in [7, 11) is 0. The SMILES string of the molecule is CSc1ccc(NC(=O)CCNC2CC2)cc1. The van der Waals surface area contributed by atoms with Crippen LogP contribution in [0.4, 0.5) is 5.69 Å². The minimum absolute atomic E-state index is 0.0788. The molecule has 1 aliphatic carbocycles. The van der Waals surface area contributed by atoms with Gasteiger partial charge in [0, 0.05) is 29.6 Å². The Bertz CT molecular complexity index is 374. The fourth-order valence-corrected chi connectivity index (χ4v) is 1.98. The van der Waals surface area contributed by atoms with E-state index in [1.54, 1.807) is 11.8 Å². The number of amides is 1. The lowest BCUT2D eigenvalue weighted by molar-refractivity contribution is -0.116. The van der Waals surface area contributed by atoms with Gasteiger partial charge in [-0.1, -0.05) is 0 Å². The van der Waals surface area contributed by atoms with Crippen LogP contribution in [-0.2, 0) is 4.79 Å². The van der Waals surface area contributed by atoms with Crippen LogP contribution < -0.4 is 10.6 Å². The van der Waals surface area contributed by atoms with Gasteiger partial charge in [0.05, 0.1) is 0 Å². The normalized spacial score (nSPS) is 14.6. The topological polar surface area (TPSA) is 41.1 Å². The maximum absolute atomic E-state index is 11.6. The first-order valence-electron chi connectivity index (χ1n) is 5.95. The Balaban J connectivity index is 1.72. The summed E-state index contributed by atoms with van der Waals surface area (Å²) in [4.78, 5) is 12.8. The molecule has 0 aromatic heterocycles. The fraction of sp³-hybridized carbons (Fsp3) is 0.462. The van der Waals surface area contributed by atoms with Gasteiger partial charge in [-0.25, -0.2) is 0 Å². The zero-order chi connectivity index (χ0) is 12.1. The predicted molar refractivity (Wildman–Crippen MR) is 72.5 cm³/mol. The number of thioether (sulfide) groups is 1. The molecule has 0 unspecified atom stereocenters. The molecule has 2 rings (SSSR count). The second-order valence-corrected chi connectivity index (χ2v) is 5.13. The first-order valence-corrected chi connectivity index (χ1v) is 7.17. The Labute approximate surface area is 106 Å². The molecular formula is C13H18N2OS. The molecule has 1 saturated carbocycles. The third-order valence-corrected chi connectivity index (χ3v) is 3.48. The number of anilines is 1. The van der Waals surface area contributed by atoms with Gasteiger partial charge < -0.3 is 10.6 Å². The lowest BCUT2D eigenvalue weighted by atomic mass is 10.3. The molecular weight excluding hydrogens is 232 g/mol. The summed E-state index contributed by atoms with van der Waals surface area (Å²) >= 11 is 1.70. The largest absolute Gasteiger partial charge is 0.326 e. The van der Waals surface area contributed by atoms with Crippen LogP contribution in [0, 0.1) is 0 Å². The molecule has 1 aliphatic rings. The Kier molecular flexibility index (Phi) is 4.45. The second-order valence-electron chi connectivity index (χ2n) is 4.26. The van der Waals surface area contributed by atoms with Gasteiger partial charge in [0.15, 0.2) is 0 Å². The molecule has 1 aromatic rings. The highest BCUT2D eigenvalue weighted by atomic mass is 32.2. The van der Waals surface area contributed by atoms with Crippen LogP contribution in [0.15, 0.2) is 29.2 Å². The van der Waals surface area contributed by atoms with Crippen molar-refractivity contribution >= 4 is 23.4 Å². The second kappa shape index (κ2) is 6.07. The standard InChI is InChI=1S/C13H18N2OS/c1-17-12-6-4-11(5-7-12)15-13(16)8-9-14-10-2-3-10/h4-7,10,14H,2-3,8-9H2,1H3,(H,15,16). The van der Waals surface area contributed by atoms with Crippen LogP contribution in [0.2, 0.25) is 0 Å². The molecule has 2 N–H and O–H groups in total. The molecule has 17 heavy (non-hydrogen) atoms. The average molecular weight is 250 g/mol. The maximum Gasteiger partial charge on any atom is 0.225 e. The van der Waals surface area contributed by atoms with Crippen molar-refractivity contribution in [1.29, 1.82) is 0 Å². The van der Waals surface area contributed by atoms with Crippen molar-refractivity contribution in [3.63, 3.8) is 0 Å². The van der Waals surface area contributed by atoms with E-state index in [9.17, 15) is 4.79 Å². The monoisotopic (exact) mass is 250 g/mol. The number of nitrogens with one attached hydrogen (secondary N) is 2. The van der Waals surface area contributed by atoms with E-state index in [1.165, 1.54) is 17.7 Å². The molecule has 0 aliphatic heterocycles. The van der Waals surface area contributed by atoms with Crippen LogP contribution in [0.3, 0.4) is 0 Å². The van der Waals surface area contributed by atoms with Gasteiger partial charge in [-0.05, 0) is 43.4 Å². The van der Waals surface area contributed by atoms with Crippen molar-refractivity contribution in [2.24, 2.45) is 0 Å². The molecule has 3 nitrogen and oxygen atoms in total. The van der Waals surface area contributed by atoms with Crippen LogP contribution in [-0.4, -0.2) is 24.7 Å². The molecule has 1 aromatic carbocycles. The van der Waals surface area contributed by atoms with E-state index in [0.717, 1.165) is 12.2 Å². The van der Waals surface area contributed by atoms with Crippen molar-refractivity contribution in [1.82, 2.24) is 5.32 Å². The fourth-order valence-electron chi connectivity index (χ4n) is 1.58. The smallest absolute Gasteiger partial charge is 0.225 e. The minimum Gasteiger partial charge on any atom is -0.326 e. The maximum atomic E-state index is 11.6. The lowest BCUT2D eigenvalue weighted by Crippen LogP contribution is -2.23. The number of hydrogen-bond donors (Lipinski definition) is 2. The van der Waals surface area contributed by atoms with E-state index < -0.39 is 0 Å². The van der Waals surface area contributed by atoms with Gasteiger partial charge in [0.1, 0.15) is 0 Å². The molecule has 92 valence electrons. The predicted octanol–water partition coefficient (Wildman–Crippen LogP) is 2.49. The van der Waals surface area contributed by atoms with Crippen LogP contribution in [0.25, 0.3) is 0 Å². The summed E-state index contributed by atoms with van der Waals surface area (Å²) in [6.45, 7) is 0.777. The lowest BCUT2D eigenvalue weighted by Gasteiger charge is -2.06. The summed E-state index contributed by atoms with van der Waals surface area (Å²) < 4.78 is 0. The summed E-state index contributed by atoms with van der Waals surface area (Å²) in [5.41, 5.74) is 0.874. The van der Waals surface area contributed by atoms with Crippen molar-refractivity contribution in [2.45, 2.75) is 30.2 Å². The van der Waals surface area contributed by atoms with E-state index in [1.807, 2.05) is 30.5 Å². The molecule has 0 bridgehead atoms. The zero-order valence-electron chi connectivity index (χ0n) is 10.0. The third-order valence-electron chi connectivity index (χ3n) is 2.74. The number of hydrogen-bond acceptors (Lipinski definition) is 3. The number of carbonyl (C=O) groups is 1. The summed E-state index contributed by atoms with van der Waals surface area (Å²) in [5, 5.41) is 6.23. The van der Waals surface area contributed by atoms with E-state index in [-0.39, 0.29) is 5.91 Å². The van der Waals surface area contributed by atoms with Crippen molar-refractivity contribution in [3.05, 3.63) is 24.3 Å². The van der Waals surface area contributed by atoms with Crippen molar-refractivity contribution in [2.75, 3.05) is 18.1 Å². The summed E-state index contributed by atoms with van der Waals surface area (Å²) in [5.74, 6) is 0.0788. The molecule has 1 fully saturated rings. The first kappa shape index (κ1) is 12.5. The van der Waals surface area contributed by atoms with E-state index in [2.05, 4.69) is 10.6 Å². The summed E-state index contributed by atoms with van der Waals surface area (Å²) in [6.07, 6.45) is 5.10. The van der Waals surface area contributed by atoms with Gasteiger partial charge >= 0.3 is 0 Å². The molecule has 0 radical (unpaired) electrons. The third kappa shape index (κ3) is 4.40. The summed E-state index contributed by atoms with van der Waals surface area (Å²) in [6, 6.07) is 8.59. The van der Waals surface area contributed by atoms with Crippen LogP contribution in [0.5, 0.6) is 0 Å². The van der Waals surface area contributed by atoms with E-state index in [0.29, 0.717) is 12.5 Å². The number of benzene rings is 1. The Morgan fingerprint density at radius 3 is 2.65 bits per heavy atom. The Morgan fingerprint density at radius 1 is 1.35 bits per heavy atom. The minimum atomic E-state index is 0.0788. The average Bonchev–Trinajstić information content (AvgIpc) is 3.14. The molecule has 1 amide bonds. The van der Waals surface area contributed by atoms with Crippen LogP contribution in [0.1, 0.15) is 19.3 Å². The quantitative estimate of drug-likeness (QED) is 0.762. The highest BCUT2D eigenvalue weighted by molar-refractivity contribution is 7.98. The van der Waals surface area contributed by atoms with Gasteiger partial charge in [-0.2, -0.15) is 0 Å². The molecule has 0 spiro atoms. The zero-order valence-corrected chi connectivity index (χ0v) is 10.8. The molecule has 4 heteroatoms. The first-order chi connectivity index (χ1) is 8.28. The highest BCUT2D eigenvalue weighted by Gasteiger charge is 2.19. The Morgan fingerprint density at radius 2 is 2.06 bits per heavy atom. The van der Waals surface area contributed by atoms with Crippen LogP contribution >= 0.6 is 11.8 Å². The highest BCUT2D eigenvalue weighted by Crippen LogP contribution is 2.19. The Hall–Kier alpha value is -1.00. The van der Waals surface area contributed by atoms with E-state index >= 15 is 0 Å². The molecule has 0 atom stereocenters. The van der Waals surface area contributed by atoms with E-state index in [4.69, 9.17) is 0 Å².